The molecule has 3 rings (SSSR count). The van der Waals surface area contributed by atoms with E-state index in [0.29, 0.717) is 0 Å². The van der Waals surface area contributed by atoms with Crippen molar-refractivity contribution in [2.75, 3.05) is 40.0 Å². The molecular weight excluding hydrogens is 188 g/mol. The fourth-order valence-electron chi connectivity index (χ4n) is 2.91. The average Bonchev–Trinajstić information content (AvgIpc) is 2.76. The van der Waals surface area contributed by atoms with Crippen LogP contribution in [-0.4, -0.2) is 60.8 Å². The van der Waals surface area contributed by atoms with Crippen LogP contribution in [0.3, 0.4) is 0 Å². The first kappa shape index (κ1) is 9.48. The lowest BCUT2D eigenvalue weighted by molar-refractivity contribution is 0.150. The Morgan fingerprint density at radius 2 is 2.07 bits per heavy atom. The van der Waals surface area contributed by atoms with Crippen LogP contribution in [-0.2, 0) is 0 Å². The van der Waals surface area contributed by atoms with E-state index < -0.39 is 0 Å². The molecule has 0 spiro atoms. The van der Waals surface area contributed by atoms with Gasteiger partial charge in [-0.25, -0.2) is 0 Å². The summed E-state index contributed by atoms with van der Waals surface area (Å²) in [6.45, 7) is 5.77. The molecule has 15 heavy (non-hydrogen) atoms. The Labute approximate surface area is 91.5 Å². The third-order valence-electron chi connectivity index (χ3n) is 3.71. The average molecular weight is 208 g/mol. The highest BCUT2D eigenvalue weighted by atomic mass is 15.5. The Balaban J connectivity index is 1.64. The molecule has 0 bridgehead atoms. The van der Waals surface area contributed by atoms with Crippen LogP contribution >= 0.6 is 0 Å². The van der Waals surface area contributed by atoms with Gasteiger partial charge in [-0.15, -0.1) is 0 Å². The molecule has 3 aliphatic rings. The van der Waals surface area contributed by atoms with Crippen molar-refractivity contribution >= 4 is 0 Å². The zero-order valence-corrected chi connectivity index (χ0v) is 9.45. The van der Waals surface area contributed by atoms with Gasteiger partial charge in [0.2, 0.25) is 0 Å². The summed E-state index contributed by atoms with van der Waals surface area (Å²) in [5, 5.41) is 3.43. The van der Waals surface area contributed by atoms with E-state index >= 15 is 0 Å². The fraction of sp³-hybridized carbons (Fsp3) is 0.818. The first-order chi connectivity index (χ1) is 7.33. The van der Waals surface area contributed by atoms with Gasteiger partial charge in [0.15, 0.2) is 0 Å². The molecule has 0 radical (unpaired) electrons. The van der Waals surface area contributed by atoms with Crippen molar-refractivity contribution in [3.05, 3.63) is 11.9 Å². The van der Waals surface area contributed by atoms with Crippen molar-refractivity contribution in [3.8, 4) is 0 Å². The summed E-state index contributed by atoms with van der Waals surface area (Å²) in [7, 11) is 2.15. The van der Waals surface area contributed by atoms with Crippen LogP contribution in [0.1, 0.15) is 12.8 Å². The molecule has 1 N–H and O–H groups in total. The van der Waals surface area contributed by atoms with Gasteiger partial charge < -0.3 is 15.1 Å². The summed E-state index contributed by atoms with van der Waals surface area (Å²) in [6.07, 6.45) is 4.93. The van der Waals surface area contributed by atoms with Gasteiger partial charge in [-0.05, 0) is 25.9 Å². The van der Waals surface area contributed by atoms with Crippen LogP contribution in [0, 0.1) is 0 Å². The van der Waals surface area contributed by atoms with E-state index in [-0.39, 0.29) is 0 Å². The van der Waals surface area contributed by atoms with E-state index in [2.05, 4.69) is 33.3 Å². The monoisotopic (exact) mass is 208 g/mol. The Kier molecular flexibility index (Phi) is 2.33. The standard InChI is InChI=1S/C11H20N4/c1-13-6-11-7-14(9-15(11)8-13)10-2-4-12-5-3-10/h6,10,12H,2-5,7-9H2,1H3. The van der Waals surface area contributed by atoms with Crippen LogP contribution in [0.2, 0.25) is 0 Å². The molecule has 0 aromatic rings. The van der Waals surface area contributed by atoms with E-state index in [4.69, 9.17) is 0 Å². The summed E-state index contributed by atoms with van der Waals surface area (Å²) < 4.78 is 0. The second-order valence-corrected chi connectivity index (χ2v) is 4.93. The van der Waals surface area contributed by atoms with Gasteiger partial charge in [0, 0.05) is 31.5 Å². The third-order valence-corrected chi connectivity index (χ3v) is 3.71. The summed E-state index contributed by atoms with van der Waals surface area (Å²) in [6, 6.07) is 0.808. The molecule has 0 aliphatic carbocycles. The Morgan fingerprint density at radius 1 is 1.27 bits per heavy atom. The van der Waals surface area contributed by atoms with Crippen molar-refractivity contribution in [2.24, 2.45) is 0 Å². The molecule has 84 valence electrons. The summed E-state index contributed by atoms with van der Waals surface area (Å²) in [5.74, 6) is 0. The van der Waals surface area contributed by atoms with Crippen LogP contribution < -0.4 is 5.32 Å². The molecule has 0 unspecified atom stereocenters. The predicted octanol–water partition coefficient (Wildman–Crippen LogP) is 0.0578. The molecule has 0 aromatic heterocycles. The molecule has 4 heteroatoms. The molecule has 3 aliphatic heterocycles. The first-order valence-electron chi connectivity index (χ1n) is 5.93. The smallest absolute Gasteiger partial charge is 0.0906 e. The maximum absolute atomic E-state index is 3.43. The van der Waals surface area contributed by atoms with Gasteiger partial charge in [-0.3, -0.25) is 4.90 Å². The zero-order valence-electron chi connectivity index (χ0n) is 9.45. The van der Waals surface area contributed by atoms with Gasteiger partial charge in [0.25, 0.3) is 0 Å². The van der Waals surface area contributed by atoms with Crippen molar-refractivity contribution in [2.45, 2.75) is 18.9 Å². The van der Waals surface area contributed by atoms with Crippen molar-refractivity contribution < 1.29 is 0 Å². The Hall–Kier alpha value is -0.740. The first-order valence-corrected chi connectivity index (χ1v) is 5.93. The van der Waals surface area contributed by atoms with Gasteiger partial charge in [-0.2, -0.15) is 0 Å². The highest BCUT2D eigenvalue weighted by Gasteiger charge is 2.33. The molecule has 0 atom stereocenters. The number of nitrogens with zero attached hydrogens (tertiary/aromatic N) is 3. The summed E-state index contributed by atoms with van der Waals surface area (Å²) in [5.41, 5.74) is 1.51. The van der Waals surface area contributed by atoms with Crippen molar-refractivity contribution in [3.63, 3.8) is 0 Å². The number of piperidine rings is 1. The van der Waals surface area contributed by atoms with E-state index in [1.54, 1.807) is 0 Å². The molecule has 2 saturated heterocycles. The van der Waals surface area contributed by atoms with Crippen LogP contribution in [0.25, 0.3) is 0 Å². The number of fused-ring (bicyclic) bond motifs is 1. The molecule has 3 heterocycles. The number of rotatable bonds is 1. The summed E-state index contributed by atoms with van der Waals surface area (Å²) >= 11 is 0. The van der Waals surface area contributed by atoms with Crippen LogP contribution in [0.5, 0.6) is 0 Å². The topological polar surface area (TPSA) is 21.8 Å². The minimum atomic E-state index is 0.808. The molecule has 4 nitrogen and oxygen atoms in total. The second kappa shape index (κ2) is 3.68. The number of hydrogen-bond acceptors (Lipinski definition) is 4. The van der Waals surface area contributed by atoms with E-state index in [1.807, 2.05) is 0 Å². The lowest BCUT2D eigenvalue weighted by atomic mass is 10.1. The third kappa shape index (κ3) is 1.72. The molecule has 0 aromatic carbocycles. The van der Waals surface area contributed by atoms with Gasteiger partial charge >= 0.3 is 0 Å². The van der Waals surface area contributed by atoms with E-state index in [0.717, 1.165) is 25.9 Å². The minimum absolute atomic E-state index is 0.808. The number of hydrogen-bond donors (Lipinski definition) is 1. The largest absolute Gasteiger partial charge is 0.361 e. The zero-order chi connectivity index (χ0) is 10.3. The Bertz CT molecular complexity index is 270. The molecule has 0 amide bonds. The summed E-state index contributed by atoms with van der Waals surface area (Å²) in [4.78, 5) is 7.40. The predicted molar refractivity (Wildman–Crippen MR) is 60.0 cm³/mol. The van der Waals surface area contributed by atoms with E-state index in [9.17, 15) is 0 Å². The number of nitrogens with one attached hydrogen (secondary N) is 1. The van der Waals surface area contributed by atoms with E-state index in [1.165, 1.54) is 31.6 Å². The van der Waals surface area contributed by atoms with Crippen molar-refractivity contribution in [1.82, 2.24) is 20.0 Å². The maximum Gasteiger partial charge on any atom is 0.0906 e. The highest BCUT2D eigenvalue weighted by molar-refractivity contribution is 5.12. The lowest BCUT2D eigenvalue weighted by Crippen LogP contribution is -2.43. The van der Waals surface area contributed by atoms with Gasteiger partial charge in [0.05, 0.1) is 13.3 Å². The minimum Gasteiger partial charge on any atom is -0.361 e. The van der Waals surface area contributed by atoms with Crippen molar-refractivity contribution in [1.29, 1.82) is 0 Å². The quantitative estimate of drug-likeness (QED) is 0.657. The van der Waals surface area contributed by atoms with Gasteiger partial charge in [-0.1, -0.05) is 0 Å². The fourth-order valence-corrected chi connectivity index (χ4v) is 2.91. The SMILES string of the molecule is CN1C=C2CN(C3CCNCC3)CN2C1. The van der Waals surface area contributed by atoms with Gasteiger partial charge in [0.1, 0.15) is 0 Å². The molecule has 0 saturated carbocycles. The van der Waals surface area contributed by atoms with Crippen LogP contribution in [0.4, 0.5) is 0 Å². The Morgan fingerprint density at radius 3 is 2.80 bits per heavy atom. The van der Waals surface area contributed by atoms with Crippen LogP contribution in [0.15, 0.2) is 11.9 Å². The molecule has 2 fully saturated rings. The molecular formula is C11H20N4. The maximum atomic E-state index is 3.43. The highest BCUT2D eigenvalue weighted by Crippen LogP contribution is 2.26. The lowest BCUT2D eigenvalue weighted by Gasteiger charge is -2.31. The normalized spacial score (nSPS) is 28.5. The second-order valence-electron chi connectivity index (χ2n) is 4.93.